The lowest BCUT2D eigenvalue weighted by atomic mass is 10.2. The van der Waals surface area contributed by atoms with Crippen molar-refractivity contribution in [2.45, 2.75) is 9.79 Å². The Morgan fingerprint density at radius 3 is 2.33 bits per heavy atom. The molecule has 0 saturated heterocycles. The van der Waals surface area contributed by atoms with Crippen molar-refractivity contribution in [3.05, 3.63) is 89.8 Å². The van der Waals surface area contributed by atoms with Gasteiger partial charge in [-0.2, -0.15) is 0 Å². The van der Waals surface area contributed by atoms with E-state index in [-0.39, 0.29) is 5.56 Å². The van der Waals surface area contributed by atoms with Gasteiger partial charge in [-0.25, -0.2) is 13.0 Å². The van der Waals surface area contributed by atoms with Gasteiger partial charge in [0.2, 0.25) is 0 Å². The Balaban J connectivity index is 1.77. The molecule has 0 aliphatic heterocycles. The van der Waals surface area contributed by atoms with Gasteiger partial charge in [0.05, 0.1) is 21.4 Å². The van der Waals surface area contributed by atoms with E-state index in [1.165, 1.54) is 24.4 Å². The molecule has 0 aliphatic rings. The van der Waals surface area contributed by atoms with Crippen LogP contribution < -0.4 is 0 Å². The highest BCUT2D eigenvalue weighted by atomic mass is 32.2. The molecule has 24 heavy (non-hydrogen) atoms. The van der Waals surface area contributed by atoms with Gasteiger partial charge in [0.15, 0.2) is 0 Å². The molecule has 1 heterocycles. The molecule has 0 saturated carbocycles. The molecule has 0 N–H and O–H groups in total. The largest absolute Gasteiger partial charge is 0.256 e. The lowest BCUT2D eigenvalue weighted by Crippen LogP contribution is -1.94. The second kappa shape index (κ2) is 7.27. The third kappa shape index (κ3) is 3.81. The lowest BCUT2D eigenvalue weighted by molar-refractivity contribution is 0.581. The van der Waals surface area contributed by atoms with E-state index in [4.69, 9.17) is 0 Å². The van der Waals surface area contributed by atoms with Crippen molar-refractivity contribution in [2.75, 3.05) is 0 Å². The SMILES string of the molecule is O=[S@@](c1ccccc1)c1ccc(C=Cc2ccc(F)cc2F)nc1. The van der Waals surface area contributed by atoms with Crippen molar-refractivity contribution in [2.24, 2.45) is 0 Å². The highest BCUT2D eigenvalue weighted by molar-refractivity contribution is 7.85. The van der Waals surface area contributed by atoms with Crippen LogP contribution in [-0.2, 0) is 10.8 Å². The van der Waals surface area contributed by atoms with Crippen molar-refractivity contribution in [3.8, 4) is 0 Å². The van der Waals surface area contributed by atoms with Gasteiger partial charge < -0.3 is 0 Å². The summed E-state index contributed by atoms with van der Waals surface area (Å²) in [5.41, 5.74) is 0.864. The summed E-state index contributed by atoms with van der Waals surface area (Å²) < 4.78 is 38.8. The first-order chi connectivity index (χ1) is 11.6. The third-order valence-corrected chi connectivity index (χ3v) is 4.70. The zero-order valence-electron chi connectivity index (χ0n) is 12.5. The maximum absolute atomic E-state index is 13.6. The zero-order chi connectivity index (χ0) is 16.9. The Morgan fingerprint density at radius 2 is 1.67 bits per heavy atom. The average Bonchev–Trinajstić information content (AvgIpc) is 2.62. The fourth-order valence-corrected chi connectivity index (χ4v) is 3.11. The van der Waals surface area contributed by atoms with Gasteiger partial charge in [0.1, 0.15) is 11.6 Å². The van der Waals surface area contributed by atoms with Crippen LogP contribution in [0.25, 0.3) is 12.2 Å². The lowest BCUT2D eigenvalue weighted by Gasteiger charge is -2.02. The van der Waals surface area contributed by atoms with E-state index < -0.39 is 22.4 Å². The summed E-state index contributed by atoms with van der Waals surface area (Å²) in [5, 5.41) is 0. The number of pyridine rings is 1. The standard InChI is InChI=1S/C19H13F2NOS/c20-15-8-6-14(19(21)12-15)7-9-16-10-11-18(13-22-16)24(23)17-4-2-1-3-5-17/h1-13H/t24-/m0/s1. The van der Waals surface area contributed by atoms with Crippen LogP contribution in [-0.4, -0.2) is 9.19 Å². The van der Waals surface area contributed by atoms with Gasteiger partial charge >= 0.3 is 0 Å². The number of benzene rings is 2. The van der Waals surface area contributed by atoms with Crippen LogP contribution in [0.4, 0.5) is 8.78 Å². The van der Waals surface area contributed by atoms with Crippen LogP contribution >= 0.6 is 0 Å². The molecule has 2 nitrogen and oxygen atoms in total. The second-order valence-electron chi connectivity index (χ2n) is 5.00. The molecule has 1 aromatic heterocycles. The van der Waals surface area contributed by atoms with Crippen molar-refractivity contribution < 1.29 is 13.0 Å². The number of halogens is 2. The minimum absolute atomic E-state index is 0.273. The minimum Gasteiger partial charge on any atom is -0.256 e. The molecular weight excluding hydrogens is 328 g/mol. The molecule has 2 aromatic carbocycles. The topological polar surface area (TPSA) is 30.0 Å². The van der Waals surface area contributed by atoms with Crippen molar-refractivity contribution in [3.63, 3.8) is 0 Å². The van der Waals surface area contributed by atoms with Crippen LogP contribution in [0.2, 0.25) is 0 Å². The molecule has 0 spiro atoms. The molecule has 0 unspecified atom stereocenters. The van der Waals surface area contributed by atoms with Gasteiger partial charge in [-0.1, -0.05) is 18.2 Å². The van der Waals surface area contributed by atoms with E-state index >= 15 is 0 Å². The molecule has 120 valence electrons. The van der Waals surface area contributed by atoms with Crippen LogP contribution in [0, 0.1) is 11.6 Å². The first kappa shape index (κ1) is 16.2. The van der Waals surface area contributed by atoms with E-state index in [1.807, 2.05) is 18.2 Å². The monoisotopic (exact) mass is 341 g/mol. The Morgan fingerprint density at radius 1 is 0.875 bits per heavy atom. The van der Waals surface area contributed by atoms with E-state index in [0.717, 1.165) is 6.07 Å². The Bertz CT molecular complexity index is 893. The number of aromatic nitrogens is 1. The molecule has 1 atom stereocenters. The Kier molecular flexibility index (Phi) is 4.91. The van der Waals surface area contributed by atoms with Crippen molar-refractivity contribution >= 4 is 23.0 Å². The van der Waals surface area contributed by atoms with E-state index in [1.54, 1.807) is 30.3 Å². The average molecular weight is 341 g/mol. The van der Waals surface area contributed by atoms with Crippen molar-refractivity contribution in [1.82, 2.24) is 4.98 Å². The van der Waals surface area contributed by atoms with Gasteiger partial charge in [0, 0.05) is 22.7 Å². The van der Waals surface area contributed by atoms with Crippen molar-refractivity contribution in [1.29, 1.82) is 0 Å². The third-order valence-electron chi connectivity index (χ3n) is 3.33. The molecule has 0 aliphatic carbocycles. The zero-order valence-corrected chi connectivity index (χ0v) is 13.3. The summed E-state index contributed by atoms with van der Waals surface area (Å²) in [5.74, 6) is -1.25. The summed E-state index contributed by atoms with van der Waals surface area (Å²) in [7, 11) is -1.29. The predicted molar refractivity (Wildman–Crippen MR) is 90.6 cm³/mol. The Hall–Kier alpha value is -2.66. The summed E-state index contributed by atoms with van der Waals surface area (Å²) in [6.45, 7) is 0. The van der Waals surface area contributed by atoms with E-state index in [9.17, 15) is 13.0 Å². The minimum atomic E-state index is -1.29. The normalized spacial score (nSPS) is 12.4. The fourth-order valence-electron chi connectivity index (χ4n) is 2.09. The second-order valence-corrected chi connectivity index (χ2v) is 6.48. The molecule has 0 radical (unpaired) electrons. The summed E-state index contributed by atoms with van der Waals surface area (Å²) in [6.07, 6.45) is 4.67. The molecule has 0 bridgehead atoms. The van der Waals surface area contributed by atoms with Gasteiger partial charge in [-0.3, -0.25) is 4.98 Å². The number of nitrogens with zero attached hydrogens (tertiary/aromatic N) is 1. The van der Waals surface area contributed by atoms with Crippen LogP contribution in [0.1, 0.15) is 11.3 Å². The smallest absolute Gasteiger partial charge is 0.133 e. The van der Waals surface area contributed by atoms with Gasteiger partial charge in [-0.15, -0.1) is 0 Å². The van der Waals surface area contributed by atoms with Gasteiger partial charge in [-0.05, 0) is 48.6 Å². The van der Waals surface area contributed by atoms with Crippen LogP contribution in [0.5, 0.6) is 0 Å². The highest BCUT2D eigenvalue weighted by Crippen LogP contribution is 2.17. The molecule has 3 aromatic rings. The van der Waals surface area contributed by atoms with Crippen LogP contribution in [0.15, 0.2) is 76.7 Å². The quantitative estimate of drug-likeness (QED) is 0.689. The number of hydrogen-bond donors (Lipinski definition) is 0. The Labute approximate surface area is 141 Å². The maximum atomic E-state index is 13.6. The van der Waals surface area contributed by atoms with E-state index in [2.05, 4.69) is 4.98 Å². The molecular formula is C19H13F2NOS. The highest BCUT2D eigenvalue weighted by Gasteiger charge is 2.06. The van der Waals surface area contributed by atoms with Crippen LogP contribution in [0.3, 0.4) is 0 Å². The summed E-state index contributed by atoms with van der Waals surface area (Å²) in [4.78, 5) is 5.50. The fraction of sp³-hybridized carbons (Fsp3) is 0. The summed E-state index contributed by atoms with van der Waals surface area (Å²) in [6, 6.07) is 15.9. The summed E-state index contributed by atoms with van der Waals surface area (Å²) >= 11 is 0. The molecule has 0 amide bonds. The number of rotatable bonds is 4. The predicted octanol–water partition coefficient (Wildman–Crippen LogP) is 4.70. The molecule has 0 fully saturated rings. The number of hydrogen-bond acceptors (Lipinski definition) is 2. The van der Waals surface area contributed by atoms with E-state index in [0.29, 0.717) is 15.5 Å². The first-order valence-electron chi connectivity index (χ1n) is 7.19. The van der Waals surface area contributed by atoms with Gasteiger partial charge in [0.25, 0.3) is 0 Å². The molecule has 5 heteroatoms. The first-order valence-corrected chi connectivity index (χ1v) is 8.34. The molecule has 3 rings (SSSR count). The maximum Gasteiger partial charge on any atom is 0.133 e.